The third kappa shape index (κ3) is 3.15. The second kappa shape index (κ2) is 7.60. The second-order valence-electron chi connectivity index (χ2n) is 5.88. The Bertz CT molecular complexity index is 926. The van der Waals surface area contributed by atoms with Crippen molar-refractivity contribution >= 4 is 33.3 Å². The largest absolute Gasteiger partial charge is 0.481 e. The Balaban J connectivity index is 2.37. The van der Waals surface area contributed by atoms with Crippen LogP contribution >= 0.6 is 27.5 Å². The predicted molar refractivity (Wildman–Crippen MR) is 107 cm³/mol. The number of nitrogens with zero attached hydrogens (tertiary/aromatic N) is 1. The third-order valence-corrected chi connectivity index (χ3v) is 5.32. The summed E-state index contributed by atoms with van der Waals surface area (Å²) in [7, 11) is 1.56. The van der Waals surface area contributed by atoms with Crippen LogP contribution in [0.5, 0.6) is 5.88 Å². The van der Waals surface area contributed by atoms with Crippen LogP contribution in [0.15, 0.2) is 71.3 Å². The quantitative estimate of drug-likeness (QED) is 0.542. The standard InChI is InChI=1S/C21H17BrClNO2/c1-14(25)21(15-7-10-17(22)11-8-15,18-5-3-4-6-19(18)23)16-9-12-20(26-2)24-13-16/h3-13H,1-2H3. The number of methoxy groups -OCH3 is 1. The van der Waals surface area contributed by atoms with Crippen LogP contribution in [0.25, 0.3) is 0 Å². The molecule has 0 radical (unpaired) electrons. The summed E-state index contributed by atoms with van der Waals surface area (Å²) in [6.45, 7) is 1.58. The first kappa shape index (κ1) is 18.6. The van der Waals surface area contributed by atoms with E-state index in [1.54, 1.807) is 32.4 Å². The molecule has 0 N–H and O–H groups in total. The van der Waals surface area contributed by atoms with Crippen molar-refractivity contribution in [2.45, 2.75) is 12.3 Å². The lowest BCUT2D eigenvalue weighted by Gasteiger charge is -2.33. The number of ether oxygens (including phenoxy) is 1. The van der Waals surface area contributed by atoms with Gasteiger partial charge in [-0.3, -0.25) is 4.79 Å². The van der Waals surface area contributed by atoms with E-state index in [-0.39, 0.29) is 5.78 Å². The number of carbonyl (C=O) groups is 1. The molecule has 26 heavy (non-hydrogen) atoms. The maximum atomic E-state index is 13.1. The van der Waals surface area contributed by atoms with Gasteiger partial charge in [0.1, 0.15) is 11.2 Å². The fourth-order valence-electron chi connectivity index (χ4n) is 3.26. The smallest absolute Gasteiger partial charge is 0.212 e. The first-order valence-corrected chi connectivity index (χ1v) is 9.20. The zero-order valence-corrected chi connectivity index (χ0v) is 16.7. The predicted octanol–water partition coefficient (Wildman–Crippen LogP) is 5.43. The number of rotatable bonds is 5. The highest BCUT2D eigenvalue weighted by Gasteiger charge is 2.42. The molecule has 1 heterocycles. The molecule has 0 spiro atoms. The van der Waals surface area contributed by atoms with Crippen LogP contribution in [0, 0.1) is 0 Å². The van der Waals surface area contributed by atoms with Crippen LogP contribution in [0.4, 0.5) is 0 Å². The molecule has 0 bridgehead atoms. The van der Waals surface area contributed by atoms with E-state index in [9.17, 15) is 4.79 Å². The minimum absolute atomic E-state index is 0.0418. The summed E-state index contributed by atoms with van der Waals surface area (Å²) in [6, 6.07) is 18.7. The lowest BCUT2D eigenvalue weighted by Crippen LogP contribution is -2.37. The molecule has 0 fully saturated rings. The summed E-state index contributed by atoms with van der Waals surface area (Å²) in [5.41, 5.74) is 1.23. The number of aromatic nitrogens is 1. The van der Waals surface area contributed by atoms with Crippen molar-refractivity contribution < 1.29 is 9.53 Å². The van der Waals surface area contributed by atoms with Gasteiger partial charge in [0.25, 0.3) is 0 Å². The van der Waals surface area contributed by atoms with Gasteiger partial charge in [-0.15, -0.1) is 0 Å². The van der Waals surface area contributed by atoms with E-state index >= 15 is 0 Å². The van der Waals surface area contributed by atoms with Crippen LogP contribution in [0.1, 0.15) is 23.6 Å². The van der Waals surface area contributed by atoms with Crippen LogP contribution in [-0.2, 0) is 10.2 Å². The fraction of sp³-hybridized carbons (Fsp3) is 0.143. The van der Waals surface area contributed by atoms with Crippen LogP contribution < -0.4 is 4.74 Å². The molecular weight excluding hydrogens is 414 g/mol. The molecule has 132 valence electrons. The van der Waals surface area contributed by atoms with Crippen molar-refractivity contribution in [1.82, 2.24) is 4.98 Å². The lowest BCUT2D eigenvalue weighted by atomic mass is 9.67. The maximum absolute atomic E-state index is 13.1. The Morgan fingerprint density at radius 3 is 2.23 bits per heavy atom. The highest BCUT2D eigenvalue weighted by molar-refractivity contribution is 9.10. The number of pyridine rings is 1. The molecule has 0 aliphatic heterocycles. The van der Waals surface area contributed by atoms with Gasteiger partial charge in [-0.1, -0.05) is 63.9 Å². The van der Waals surface area contributed by atoms with E-state index < -0.39 is 5.41 Å². The van der Waals surface area contributed by atoms with Gasteiger partial charge in [-0.05, 0) is 41.8 Å². The minimum atomic E-state index is -1.06. The second-order valence-corrected chi connectivity index (χ2v) is 7.21. The monoisotopic (exact) mass is 429 g/mol. The van der Waals surface area contributed by atoms with Gasteiger partial charge in [0.15, 0.2) is 0 Å². The molecule has 0 saturated carbocycles. The summed E-state index contributed by atoms with van der Waals surface area (Å²) in [5, 5.41) is 0.529. The molecule has 3 rings (SSSR count). The highest BCUT2D eigenvalue weighted by Crippen LogP contribution is 2.43. The Hall–Kier alpha value is -2.17. The average molecular weight is 431 g/mol. The first-order valence-electron chi connectivity index (χ1n) is 8.02. The van der Waals surface area contributed by atoms with Gasteiger partial charge in [-0.25, -0.2) is 4.98 Å². The Morgan fingerprint density at radius 1 is 1.04 bits per heavy atom. The number of Topliss-reactive ketones (excluding diaryl/α,β-unsaturated/α-hetero) is 1. The first-order chi connectivity index (χ1) is 12.5. The van der Waals surface area contributed by atoms with Crippen molar-refractivity contribution in [1.29, 1.82) is 0 Å². The van der Waals surface area contributed by atoms with E-state index in [0.717, 1.165) is 21.2 Å². The van der Waals surface area contributed by atoms with Gasteiger partial charge in [-0.2, -0.15) is 0 Å². The molecule has 3 aromatic rings. The number of benzene rings is 2. The van der Waals surface area contributed by atoms with E-state index in [1.165, 1.54) is 0 Å². The Kier molecular flexibility index (Phi) is 5.44. The summed E-state index contributed by atoms with van der Waals surface area (Å²) in [4.78, 5) is 17.4. The SMILES string of the molecule is COc1ccc(C(C(C)=O)(c2ccc(Br)cc2)c2ccccc2Cl)cn1. The topological polar surface area (TPSA) is 39.2 Å². The molecule has 0 saturated heterocycles. The molecule has 5 heteroatoms. The molecule has 1 atom stereocenters. The van der Waals surface area contributed by atoms with Gasteiger partial charge >= 0.3 is 0 Å². The number of ketones is 1. The minimum Gasteiger partial charge on any atom is -0.481 e. The zero-order chi connectivity index (χ0) is 18.7. The van der Waals surface area contributed by atoms with E-state index in [0.29, 0.717) is 10.9 Å². The summed E-state index contributed by atoms with van der Waals surface area (Å²) in [5.74, 6) is 0.445. The summed E-state index contributed by atoms with van der Waals surface area (Å²) >= 11 is 9.99. The van der Waals surface area contributed by atoms with Crippen LogP contribution in [0.3, 0.4) is 0 Å². The molecule has 0 aliphatic rings. The van der Waals surface area contributed by atoms with Gasteiger partial charge in [0, 0.05) is 21.8 Å². The van der Waals surface area contributed by atoms with Crippen molar-refractivity contribution in [3.8, 4) is 5.88 Å². The summed E-state index contributed by atoms with van der Waals surface area (Å²) in [6.07, 6.45) is 1.67. The summed E-state index contributed by atoms with van der Waals surface area (Å²) < 4.78 is 6.10. The molecular formula is C21H17BrClNO2. The van der Waals surface area contributed by atoms with Crippen molar-refractivity contribution in [2.24, 2.45) is 0 Å². The maximum Gasteiger partial charge on any atom is 0.212 e. The van der Waals surface area contributed by atoms with Crippen molar-refractivity contribution in [2.75, 3.05) is 7.11 Å². The Morgan fingerprint density at radius 2 is 1.69 bits per heavy atom. The van der Waals surface area contributed by atoms with Gasteiger partial charge < -0.3 is 4.74 Å². The van der Waals surface area contributed by atoms with Gasteiger partial charge in [0.2, 0.25) is 5.88 Å². The molecule has 0 amide bonds. The number of hydrogen-bond acceptors (Lipinski definition) is 3. The average Bonchev–Trinajstić information content (AvgIpc) is 2.65. The van der Waals surface area contributed by atoms with E-state index in [4.69, 9.17) is 16.3 Å². The number of carbonyl (C=O) groups excluding carboxylic acids is 1. The van der Waals surface area contributed by atoms with Crippen LogP contribution in [0.2, 0.25) is 5.02 Å². The fourth-order valence-corrected chi connectivity index (χ4v) is 3.80. The molecule has 0 aliphatic carbocycles. The highest BCUT2D eigenvalue weighted by atomic mass is 79.9. The van der Waals surface area contributed by atoms with E-state index in [2.05, 4.69) is 20.9 Å². The van der Waals surface area contributed by atoms with Crippen molar-refractivity contribution in [3.63, 3.8) is 0 Å². The van der Waals surface area contributed by atoms with E-state index in [1.807, 2.05) is 48.5 Å². The number of halogens is 2. The molecule has 1 unspecified atom stereocenters. The lowest BCUT2D eigenvalue weighted by molar-refractivity contribution is -0.119. The normalized spacial score (nSPS) is 13.1. The van der Waals surface area contributed by atoms with Crippen LogP contribution in [-0.4, -0.2) is 17.9 Å². The molecule has 2 aromatic carbocycles. The number of hydrogen-bond donors (Lipinski definition) is 0. The Labute approximate surface area is 166 Å². The molecule has 3 nitrogen and oxygen atoms in total. The van der Waals surface area contributed by atoms with Gasteiger partial charge in [0.05, 0.1) is 7.11 Å². The third-order valence-electron chi connectivity index (χ3n) is 4.46. The molecule has 1 aromatic heterocycles. The van der Waals surface area contributed by atoms with Crippen molar-refractivity contribution in [3.05, 3.63) is 93.0 Å². The zero-order valence-electron chi connectivity index (χ0n) is 14.4.